The Labute approximate surface area is 100 Å². The van der Waals surface area contributed by atoms with Gasteiger partial charge in [0, 0.05) is 11.2 Å². The Hall–Kier alpha value is 0.310. The molecule has 0 radical (unpaired) electrons. The van der Waals surface area contributed by atoms with Crippen molar-refractivity contribution in [3.05, 3.63) is 0 Å². The lowest BCUT2D eigenvalue weighted by Gasteiger charge is -2.51. The number of rotatable bonds is 0. The standard InChI is InChI=1S/C12H17ClOS/c13-12-7-2-1-6-10(12)15-9-5-3-4-8(12)11(9)14/h8-10H,1-7H2. The number of carbonyl (C=O) groups is 1. The summed E-state index contributed by atoms with van der Waals surface area (Å²) in [6.45, 7) is 0. The SMILES string of the molecule is O=C1C2CCCC1C1(Cl)CCCCC1S2. The van der Waals surface area contributed by atoms with Gasteiger partial charge in [-0.05, 0) is 25.7 Å². The summed E-state index contributed by atoms with van der Waals surface area (Å²) >= 11 is 8.69. The molecular formula is C12H17ClOS. The second-order valence-corrected chi connectivity index (χ2v) is 7.29. The van der Waals surface area contributed by atoms with Crippen molar-refractivity contribution in [2.24, 2.45) is 5.92 Å². The van der Waals surface area contributed by atoms with Crippen LogP contribution in [0.3, 0.4) is 0 Å². The van der Waals surface area contributed by atoms with Gasteiger partial charge >= 0.3 is 0 Å². The molecule has 0 spiro atoms. The van der Waals surface area contributed by atoms with Crippen molar-refractivity contribution in [1.82, 2.24) is 0 Å². The van der Waals surface area contributed by atoms with E-state index in [-0.39, 0.29) is 10.8 Å². The zero-order valence-corrected chi connectivity index (χ0v) is 10.4. The third-order valence-electron chi connectivity index (χ3n) is 4.34. The number of ketones is 1. The largest absolute Gasteiger partial charge is 0.298 e. The molecule has 2 saturated carbocycles. The summed E-state index contributed by atoms with van der Waals surface area (Å²) in [5.74, 6) is 0.656. The molecule has 84 valence electrons. The Morgan fingerprint density at radius 1 is 1.20 bits per heavy atom. The summed E-state index contributed by atoms with van der Waals surface area (Å²) in [7, 11) is 0. The van der Waals surface area contributed by atoms with Crippen LogP contribution in [-0.2, 0) is 4.79 Å². The first-order valence-corrected chi connectivity index (χ1v) is 7.42. The fourth-order valence-electron chi connectivity index (χ4n) is 3.53. The topological polar surface area (TPSA) is 17.1 Å². The van der Waals surface area contributed by atoms with Crippen LogP contribution in [0.15, 0.2) is 0 Å². The van der Waals surface area contributed by atoms with Gasteiger partial charge in [0.1, 0.15) is 0 Å². The van der Waals surface area contributed by atoms with Crippen LogP contribution in [0.25, 0.3) is 0 Å². The number of hydrogen-bond donors (Lipinski definition) is 0. The smallest absolute Gasteiger partial charge is 0.150 e. The van der Waals surface area contributed by atoms with E-state index in [0.29, 0.717) is 16.3 Å². The van der Waals surface area contributed by atoms with Crippen molar-refractivity contribution in [2.45, 2.75) is 60.3 Å². The van der Waals surface area contributed by atoms with E-state index in [0.717, 1.165) is 19.3 Å². The fourth-order valence-corrected chi connectivity index (χ4v) is 5.95. The molecule has 0 amide bonds. The summed E-state index contributed by atoms with van der Waals surface area (Å²) in [4.78, 5) is 12.0. The number of alkyl halides is 1. The Balaban J connectivity index is 1.94. The number of hydrogen-bond acceptors (Lipinski definition) is 2. The fraction of sp³-hybridized carbons (Fsp3) is 0.917. The molecule has 1 aliphatic heterocycles. The minimum atomic E-state index is -0.170. The van der Waals surface area contributed by atoms with E-state index in [1.165, 1.54) is 25.7 Å². The van der Waals surface area contributed by atoms with Crippen LogP contribution in [-0.4, -0.2) is 21.2 Å². The van der Waals surface area contributed by atoms with Crippen molar-refractivity contribution in [3.8, 4) is 0 Å². The maximum Gasteiger partial charge on any atom is 0.150 e. The van der Waals surface area contributed by atoms with E-state index >= 15 is 0 Å². The Bertz CT molecular complexity index is 293. The Morgan fingerprint density at radius 3 is 2.93 bits per heavy atom. The lowest BCUT2D eigenvalue weighted by atomic mass is 9.71. The summed E-state index contributed by atoms with van der Waals surface area (Å²) in [6, 6.07) is 0. The Kier molecular flexibility index (Phi) is 2.55. The van der Waals surface area contributed by atoms with Crippen LogP contribution >= 0.6 is 23.4 Å². The molecule has 0 aromatic heterocycles. The number of carbonyl (C=O) groups excluding carboxylic acids is 1. The molecule has 2 aliphatic carbocycles. The van der Waals surface area contributed by atoms with Gasteiger partial charge in [-0.2, -0.15) is 0 Å². The van der Waals surface area contributed by atoms with E-state index in [4.69, 9.17) is 11.6 Å². The number of thioether (sulfide) groups is 1. The van der Waals surface area contributed by atoms with E-state index in [1.54, 1.807) is 0 Å². The van der Waals surface area contributed by atoms with Gasteiger partial charge in [0.2, 0.25) is 0 Å². The number of fused-ring (bicyclic) bond motifs is 4. The van der Waals surface area contributed by atoms with Gasteiger partial charge < -0.3 is 0 Å². The van der Waals surface area contributed by atoms with Crippen LogP contribution in [0.2, 0.25) is 0 Å². The molecule has 0 aromatic carbocycles. The van der Waals surface area contributed by atoms with Gasteiger partial charge in [-0.1, -0.05) is 19.3 Å². The molecule has 3 fully saturated rings. The van der Waals surface area contributed by atoms with Gasteiger partial charge in [0.15, 0.2) is 5.78 Å². The van der Waals surface area contributed by atoms with Crippen LogP contribution in [0.1, 0.15) is 44.9 Å². The first-order chi connectivity index (χ1) is 7.22. The van der Waals surface area contributed by atoms with Crippen molar-refractivity contribution in [1.29, 1.82) is 0 Å². The molecule has 4 atom stereocenters. The van der Waals surface area contributed by atoms with Crippen molar-refractivity contribution in [3.63, 3.8) is 0 Å². The molecule has 1 saturated heterocycles. The molecule has 1 nitrogen and oxygen atoms in total. The number of halogens is 1. The Morgan fingerprint density at radius 2 is 2.07 bits per heavy atom. The molecule has 2 bridgehead atoms. The average molecular weight is 245 g/mol. The second kappa shape index (κ2) is 3.66. The molecule has 3 aliphatic rings. The number of Topliss-reactive ketones (excluding diaryl/α,β-unsaturated/α-hetero) is 1. The third-order valence-corrected chi connectivity index (χ3v) is 6.97. The summed E-state index contributed by atoms with van der Waals surface area (Å²) in [5, 5.41) is 0.847. The first kappa shape index (κ1) is 10.5. The van der Waals surface area contributed by atoms with E-state index in [2.05, 4.69) is 0 Å². The van der Waals surface area contributed by atoms with Gasteiger partial charge in [-0.25, -0.2) is 0 Å². The van der Waals surface area contributed by atoms with Gasteiger partial charge in [0.05, 0.1) is 10.1 Å². The summed E-state index contributed by atoms with van der Waals surface area (Å²) < 4.78 is 0. The molecule has 0 N–H and O–H groups in total. The highest BCUT2D eigenvalue weighted by Gasteiger charge is 2.55. The van der Waals surface area contributed by atoms with Crippen LogP contribution in [0.4, 0.5) is 0 Å². The predicted molar refractivity (Wildman–Crippen MR) is 64.6 cm³/mol. The highest BCUT2D eigenvalue weighted by Crippen LogP contribution is 2.55. The summed E-state index contributed by atoms with van der Waals surface area (Å²) in [5.41, 5.74) is 0. The maximum atomic E-state index is 12.2. The van der Waals surface area contributed by atoms with Gasteiger partial charge in [-0.3, -0.25) is 4.79 Å². The van der Waals surface area contributed by atoms with Crippen molar-refractivity contribution in [2.75, 3.05) is 0 Å². The lowest BCUT2D eigenvalue weighted by molar-refractivity contribution is -0.126. The minimum Gasteiger partial charge on any atom is -0.298 e. The molecule has 4 unspecified atom stereocenters. The zero-order chi connectivity index (χ0) is 10.5. The highest BCUT2D eigenvalue weighted by atomic mass is 35.5. The first-order valence-electron chi connectivity index (χ1n) is 6.10. The molecular weight excluding hydrogens is 228 g/mol. The van der Waals surface area contributed by atoms with Crippen molar-refractivity contribution >= 4 is 29.1 Å². The van der Waals surface area contributed by atoms with Crippen LogP contribution in [0.5, 0.6) is 0 Å². The van der Waals surface area contributed by atoms with Crippen molar-refractivity contribution < 1.29 is 4.79 Å². The highest BCUT2D eigenvalue weighted by molar-refractivity contribution is 8.01. The van der Waals surface area contributed by atoms with E-state index < -0.39 is 0 Å². The van der Waals surface area contributed by atoms with E-state index in [1.807, 2.05) is 11.8 Å². The molecule has 3 rings (SSSR count). The quantitative estimate of drug-likeness (QED) is 0.608. The molecule has 15 heavy (non-hydrogen) atoms. The molecule has 0 aromatic rings. The summed E-state index contributed by atoms with van der Waals surface area (Å²) in [6.07, 6.45) is 8.17. The minimum absolute atomic E-state index is 0.170. The predicted octanol–water partition coefficient (Wildman–Crippen LogP) is 3.39. The molecule has 3 heteroatoms. The van der Waals surface area contributed by atoms with Crippen LogP contribution < -0.4 is 0 Å². The average Bonchev–Trinajstić information content (AvgIpc) is 2.21. The maximum absolute atomic E-state index is 12.2. The normalized spacial score (nSPS) is 49.9. The lowest BCUT2D eigenvalue weighted by Crippen LogP contribution is -2.56. The van der Waals surface area contributed by atoms with Gasteiger partial charge in [-0.15, -0.1) is 23.4 Å². The van der Waals surface area contributed by atoms with Crippen LogP contribution in [0, 0.1) is 5.92 Å². The van der Waals surface area contributed by atoms with Gasteiger partial charge in [0.25, 0.3) is 0 Å². The third kappa shape index (κ3) is 1.48. The monoisotopic (exact) mass is 244 g/mol. The zero-order valence-electron chi connectivity index (χ0n) is 8.88. The van der Waals surface area contributed by atoms with E-state index in [9.17, 15) is 4.79 Å². The molecule has 1 heterocycles. The second-order valence-electron chi connectivity index (χ2n) is 5.17.